The SMILES string of the molecule is CCNC(=NCCc1cnn(C)c1)N(C)Cc1ccc(Cl)c(Cl)c1.I. The minimum absolute atomic E-state index is 0. The number of rotatable bonds is 6. The molecule has 0 aliphatic carbocycles. The van der Waals surface area contributed by atoms with E-state index in [4.69, 9.17) is 23.2 Å². The molecule has 5 nitrogen and oxygen atoms in total. The van der Waals surface area contributed by atoms with Gasteiger partial charge in [0.25, 0.3) is 0 Å². The maximum atomic E-state index is 6.09. The molecule has 2 aromatic rings. The maximum absolute atomic E-state index is 6.09. The first-order valence-electron chi connectivity index (χ1n) is 7.90. The summed E-state index contributed by atoms with van der Waals surface area (Å²) in [4.78, 5) is 6.77. The summed E-state index contributed by atoms with van der Waals surface area (Å²) in [7, 11) is 3.93. The maximum Gasteiger partial charge on any atom is 0.193 e. The van der Waals surface area contributed by atoms with Gasteiger partial charge in [0.05, 0.1) is 16.2 Å². The largest absolute Gasteiger partial charge is 0.357 e. The number of benzene rings is 1. The molecule has 25 heavy (non-hydrogen) atoms. The summed E-state index contributed by atoms with van der Waals surface area (Å²) in [5.41, 5.74) is 2.27. The summed E-state index contributed by atoms with van der Waals surface area (Å²) >= 11 is 12.1. The predicted molar refractivity (Wildman–Crippen MR) is 116 cm³/mol. The van der Waals surface area contributed by atoms with Gasteiger partial charge in [0.1, 0.15) is 0 Å². The van der Waals surface area contributed by atoms with E-state index in [1.807, 2.05) is 44.7 Å². The van der Waals surface area contributed by atoms with E-state index in [0.29, 0.717) is 23.1 Å². The van der Waals surface area contributed by atoms with E-state index in [9.17, 15) is 0 Å². The van der Waals surface area contributed by atoms with E-state index in [2.05, 4.69) is 27.2 Å². The van der Waals surface area contributed by atoms with Crippen LogP contribution >= 0.6 is 47.2 Å². The molecule has 0 aliphatic rings. The van der Waals surface area contributed by atoms with Gasteiger partial charge < -0.3 is 10.2 Å². The van der Waals surface area contributed by atoms with E-state index in [1.165, 1.54) is 5.56 Å². The molecule has 0 bridgehead atoms. The highest BCUT2D eigenvalue weighted by molar-refractivity contribution is 14.0. The van der Waals surface area contributed by atoms with Crippen molar-refractivity contribution in [3.8, 4) is 0 Å². The van der Waals surface area contributed by atoms with Gasteiger partial charge in [-0.25, -0.2) is 0 Å². The Morgan fingerprint density at radius 1 is 1.28 bits per heavy atom. The van der Waals surface area contributed by atoms with Gasteiger partial charge in [-0.1, -0.05) is 29.3 Å². The summed E-state index contributed by atoms with van der Waals surface area (Å²) in [5.74, 6) is 0.868. The zero-order valence-electron chi connectivity index (χ0n) is 14.7. The number of nitrogens with zero attached hydrogens (tertiary/aromatic N) is 4. The molecule has 2 rings (SSSR count). The summed E-state index contributed by atoms with van der Waals surface area (Å²) in [6.07, 6.45) is 4.76. The van der Waals surface area contributed by atoms with Gasteiger partial charge in [0, 0.05) is 39.9 Å². The molecule has 0 atom stereocenters. The molecule has 1 aromatic heterocycles. The van der Waals surface area contributed by atoms with E-state index in [1.54, 1.807) is 4.68 Å². The zero-order valence-corrected chi connectivity index (χ0v) is 18.5. The van der Waals surface area contributed by atoms with Crippen LogP contribution in [-0.4, -0.2) is 40.8 Å². The Kier molecular flexibility index (Phi) is 9.60. The molecule has 138 valence electrons. The number of aromatic nitrogens is 2. The first-order chi connectivity index (χ1) is 11.5. The second-order valence-electron chi connectivity index (χ2n) is 5.61. The Hall–Kier alpha value is -0.990. The van der Waals surface area contributed by atoms with Crippen LogP contribution in [0.5, 0.6) is 0 Å². The number of hydrogen-bond acceptors (Lipinski definition) is 2. The second kappa shape index (κ2) is 10.9. The average Bonchev–Trinajstić information content (AvgIpc) is 2.95. The number of guanidine groups is 1. The molecule has 0 saturated heterocycles. The highest BCUT2D eigenvalue weighted by atomic mass is 127. The van der Waals surface area contributed by atoms with Crippen LogP contribution in [0, 0.1) is 0 Å². The normalized spacial score (nSPS) is 11.2. The minimum Gasteiger partial charge on any atom is -0.357 e. The van der Waals surface area contributed by atoms with Gasteiger partial charge in [0.2, 0.25) is 0 Å². The molecule has 1 heterocycles. The van der Waals surface area contributed by atoms with E-state index >= 15 is 0 Å². The van der Waals surface area contributed by atoms with Crippen molar-refractivity contribution in [3.05, 3.63) is 51.8 Å². The third-order valence-corrected chi connectivity index (χ3v) is 4.26. The van der Waals surface area contributed by atoms with Crippen LogP contribution < -0.4 is 5.32 Å². The molecule has 0 unspecified atom stereocenters. The van der Waals surface area contributed by atoms with Crippen LogP contribution in [0.15, 0.2) is 35.6 Å². The summed E-state index contributed by atoms with van der Waals surface area (Å²) in [6.45, 7) is 4.29. The molecule has 0 amide bonds. The standard InChI is InChI=1S/C17H23Cl2N5.HI/c1-4-20-17(21-8-7-14-10-22-24(3)12-14)23(2)11-13-5-6-15(18)16(19)9-13;/h5-6,9-10,12H,4,7-8,11H2,1-3H3,(H,20,21);1H. The highest BCUT2D eigenvalue weighted by Gasteiger charge is 2.08. The number of nitrogens with one attached hydrogen (secondary N) is 1. The van der Waals surface area contributed by atoms with Crippen LogP contribution in [0.2, 0.25) is 10.0 Å². The lowest BCUT2D eigenvalue weighted by Crippen LogP contribution is -2.38. The smallest absolute Gasteiger partial charge is 0.193 e. The van der Waals surface area contributed by atoms with Gasteiger partial charge in [-0.3, -0.25) is 9.67 Å². The second-order valence-corrected chi connectivity index (χ2v) is 6.43. The minimum atomic E-state index is 0. The van der Waals surface area contributed by atoms with Gasteiger partial charge >= 0.3 is 0 Å². The molecule has 1 N–H and O–H groups in total. The van der Waals surface area contributed by atoms with Crippen LogP contribution in [0.3, 0.4) is 0 Å². The van der Waals surface area contributed by atoms with E-state index in [0.717, 1.165) is 24.5 Å². The third kappa shape index (κ3) is 7.03. The van der Waals surface area contributed by atoms with Crippen molar-refractivity contribution in [2.45, 2.75) is 19.9 Å². The van der Waals surface area contributed by atoms with Crippen molar-refractivity contribution in [2.75, 3.05) is 20.1 Å². The topological polar surface area (TPSA) is 45.5 Å². The number of halogens is 3. The third-order valence-electron chi connectivity index (χ3n) is 3.52. The summed E-state index contributed by atoms with van der Waals surface area (Å²) < 4.78 is 1.81. The number of aryl methyl sites for hydroxylation is 1. The summed E-state index contributed by atoms with van der Waals surface area (Å²) in [5, 5.41) is 8.63. The molecular weight excluding hydrogens is 472 g/mol. The van der Waals surface area contributed by atoms with Crippen molar-refractivity contribution in [2.24, 2.45) is 12.0 Å². The molecule has 8 heteroatoms. The lowest BCUT2D eigenvalue weighted by Gasteiger charge is -2.22. The molecule has 0 fully saturated rings. The lowest BCUT2D eigenvalue weighted by molar-refractivity contribution is 0.477. The van der Waals surface area contributed by atoms with Crippen LogP contribution in [-0.2, 0) is 20.0 Å². The Bertz CT molecular complexity index is 702. The van der Waals surface area contributed by atoms with Crippen molar-refractivity contribution in [3.63, 3.8) is 0 Å². The van der Waals surface area contributed by atoms with Gasteiger partial charge in [0.15, 0.2) is 5.96 Å². The van der Waals surface area contributed by atoms with Crippen molar-refractivity contribution in [1.82, 2.24) is 20.0 Å². The number of hydrogen-bond donors (Lipinski definition) is 1. The van der Waals surface area contributed by atoms with Gasteiger partial charge in [-0.05, 0) is 36.6 Å². The van der Waals surface area contributed by atoms with Crippen molar-refractivity contribution < 1.29 is 0 Å². The molecular formula is C17H24Cl2IN5. The molecule has 0 spiro atoms. The fraction of sp³-hybridized carbons (Fsp3) is 0.412. The molecule has 0 saturated carbocycles. The lowest BCUT2D eigenvalue weighted by atomic mass is 10.2. The quantitative estimate of drug-likeness (QED) is 0.374. The fourth-order valence-electron chi connectivity index (χ4n) is 2.35. The summed E-state index contributed by atoms with van der Waals surface area (Å²) in [6, 6.07) is 5.68. The van der Waals surface area contributed by atoms with Crippen LogP contribution in [0.1, 0.15) is 18.1 Å². The average molecular weight is 496 g/mol. The Morgan fingerprint density at radius 2 is 2.04 bits per heavy atom. The van der Waals surface area contributed by atoms with E-state index < -0.39 is 0 Å². The first kappa shape index (κ1) is 22.1. The zero-order chi connectivity index (χ0) is 17.5. The number of aliphatic imine (C=N–C) groups is 1. The Labute approximate surface area is 176 Å². The van der Waals surface area contributed by atoms with Crippen molar-refractivity contribution >= 4 is 53.1 Å². The Balaban J connectivity index is 0.00000312. The molecule has 1 aromatic carbocycles. The predicted octanol–water partition coefficient (Wildman–Crippen LogP) is 3.98. The van der Waals surface area contributed by atoms with E-state index in [-0.39, 0.29) is 24.0 Å². The van der Waals surface area contributed by atoms with Crippen LogP contribution in [0.4, 0.5) is 0 Å². The van der Waals surface area contributed by atoms with Crippen LogP contribution in [0.25, 0.3) is 0 Å². The molecule has 0 aliphatic heterocycles. The highest BCUT2D eigenvalue weighted by Crippen LogP contribution is 2.23. The Morgan fingerprint density at radius 3 is 2.64 bits per heavy atom. The van der Waals surface area contributed by atoms with Gasteiger partial charge in [-0.2, -0.15) is 5.10 Å². The van der Waals surface area contributed by atoms with Crippen molar-refractivity contribution in [1.29, 1.82) is 0 Å². The monoisotopic (exact) mass is 495 g/mol. The van der Waals surface area contributed by atoms with Gasteiger partial charge in [-0.15, -0.1) is 24.0 Å². The molecule has 0 radical (unpaired) electrons. The fourth-order valence-corrected chi connectivity index (χ4v) is 2.67. The first-order valence-corrected chi connectivity index (χ1v) is 8.66.